The molecule has 0 bridgehead atoms. The summed E-state index contributed by atoms with van der Waals surface area (Å²) >= 11 is 7.65. The van der Waals surface area contributed by atoms with Crippen LogP contribution in [0.3, 0.4) is 0 Å². The van der Waals surface area contributed by atoms with E-state index in [0.29, 0.717) is 5.92 Å². The third-order valence-corrected chi connectivity index (χ3v) is 12.4. The number of aromatic nitrogens is 1. The number of rotatable bonds is 5. The maximum Gasteiger partial charge on any atom is 0.263 e. The van der Waals surface area contributed by atoms with Crippen LogP contribution in [-0.4, -0.2) is 18.6 Å². The number of aryl methyl sites for hydroxylation is 1. The van der Waals surface area contributed by atoms with Crippen LogP contribution in [0.5, 0.6) is 0 Å². The molecule has 6 heteroatoms. The van der Waals surface area contributed by atoms with Crippen LogP contribution in [0.15, 0.2) is 91.1 Å². The second-order valence-electron chi connectivity index (χ2n) is 10.7. The number of hydrogen-bond donors (Lipinski definition) is 0. The summed E-state index contributed by atoms with van der Waals surface area (Å²) in [5.41, 5.74) is 8.67. The Balaban J connectivity index is 1.21. The van der Waals surface area contributed by atoms with Crippen LogP contribution in [0.4, 0.5) is 5.69 Å². The summed E-state index contributed by atoms with van der Waals surface area (Å²) in [4.78, 5) is 6.62. The highest BCUT2D eigenvalue weighted by Crippen LogP contribution is 2.48. The van der Waals surface area contributed by atoms with Gasteiger partial charge in [-0.15, -0.1) is 23.5 Å². The van der Waals surface area contributed by atoms with Crippen LogP contribution >= 0.6 is 46.6 Å². The number of allylic oxidation sites excluding steroid dienone is 6. The Morgan fingerprint density at radius 1 is 1.05 bits per heavy atom. The van der Waals surface area contributed by atoms with E-state index in [1.54, 1.807) is 0 Å². The Morgan fingerprint density at radius 2 is 1.93 bits per heavy atom. The molecule has 3 heterocycles. The van der Waals surface area contributed by atoms with Crippen LogP contribution in [0.25, 0.3) is 22.4 Å². The third kappa shape index (κ3) is 4.85. The monoisotopic (exact) mass is 599 g/mol. The van der Waals surface area contributed by atoms with Gasteiger partial charge < -0.3 is 4.90 Å². The van der Waals surface area contributed by atoms with Crippen molar-refractivity contribution in [2.45, 2.75) is 60.8 Å². The lowest BCUT2D eigenvalue weighted by atomic mass is 9.77. The van der Waals surface area contributed by atoms with Crippen molar-refractivity contribution >= 4 is 74.7 Å². The van der Waals surface area contributed by atoms with E-state index < -0.39 is 0 Å². The summed E-state index contributed by atoms with van der Waals surface area (Å²) in [5, 5.41) is 2.75. The minimum atomic E-state index is 0.703. The predicted molar refractivity (Wildman–Crippen MR) is 179 cm³/mol. The van der Waals surface area contributed by atoms with E-state index in [9.17, 15) is 0 Å². The number of benzene rings is 2. The molecule has 3 aromatic rings. The lowest BCUT2D eigenvalue weighted by Gasteiger charge is -2.28. The van der Waals surface area contributed by atoms with E-state index in [2.05, 4.69) is 96.4 Å². The molecule has 2 aliphatic carbocycles. The number of thiazole rings is 1. The number of anilines is 1. The van der Waals surface area contributed by atoms with Gasteiger partial charge in [0.15, 0.2) is 0 Å². The Kier molecular flexibility index (Phi) is 7.55. The van der Waals surface area contributed by atoms with Gasteiger partial charge in [-0.1, -0.05) is 47.4 Å². The van der Waals surface area contributed by atoms with Gasteiger partial charge in [-0.3, -0.25) is 0 Å². The molecule has 2 aliphatic heterocycles. The summed E-state index contributed by atoms with van der Waals surface area (Å²) in [5.74, 6) is 1.78. The molecule has 1 unspecified atom stereocenters. The average Bonchev–Trinajstić information content (AvgIpc) is 3.53. The SMILES string of the molecule is CCN1/C(=C/C2=CC3=C/C(=C/c4sc5ccc6c(c5[n+]4CC)C=CCS6)CCC3CC2)Sc2ccc(SC)cc21. The Morgan fingerprint density at radius 3 is 2.77 bits per heavy atom. The van der Waals surface area contributed by atoms with Crippen molar-refractivity contribution in [3.8, 4) is 0 Å². The fraction of sp³-hybridized carbons (Fsp3) is 0.324. The van der Waals surface area contributed by atoms with Gasteiger partial charge in [-0.05, 0) is 105 Å². The summed E-state index contributed by atoms with van der Waals surface area (Å²) < 4.78 is 3.93. The van der Waals surface area contributed by atoms with Gasteiger partial charge in [0.05, 0.1) is 16.3 Å². The molecule has 40 heavy (non-hydrogen) atoms. The van der Waals surface area contributed by atoms with Gasteiger partial charge in [-0.25, -0.2) is 0 Å². The molecule has 7 rings (SSSR count). The second-order valence-corrected chi connectivity index (χ2v) is 14.8. The Bertz CT molecular complexity index is 1650. The minimum absolute atomic E-state index is 0.703. The second kappa shape index (κ2) is 11.3. The van der Waals surface area contributed by atoms with Gasteiger partial charge >= 0.3 is 0 Å². The van der Waals surface area contributed by atoms with E-state index in [1.807, 2.05) is 46.6 Å². The predicted octanol–water partition coefficient (Wildman–Crippen LogP) is 9.96. The van der Waals surface area contributed by atoms with E-state index in [1.165, 1.54) is 88.6 Å². The van der Waals surface area contributed by atoms with Gasteiger partial charge in [0.1, 0.15) is 11.2 Å². The Labute approximate surface area is 255 Å². The van der Waals surface area contributed by atoms with Crippen molar-refractivity contribution in [1.82, 2.24) is 0 Å². The van der Waals surface area contributed by atoms with E-state index >= 15 is 0 Å². The number of nitrogens with zero attached hydrogens (tertiary/aromatic N) is 2. The molecule has 2 aromatic carbocycles. The van der Waals surface area contributed by atoms with Crippen molar-refractivity contribution in [2.75, 3.05) is 23.5 Å². The largest absolute Gasteiger partial charge is 0.335 e. The minimum Gasteiger partial charge on any atom is -0.335 e. The lowest BCUT2D eigenvalue weighted by Crippen LogP contribution is -2.34. The maximum absolute atomic E-state index is 2.54. The smallest absolute Gasteiger partial charge is 0.263 e. The zero-order chi connectivity index (χ0) is 27.2. The highest BCUT2D eigenvalue weighted by Gasteiger charge is 2.28. The molecule has 0 spiro atoms. The summed E-state index contributed by atoms with van der Waals surface area (Å²) in [6.45, 7) is 6.55. The van der Waals surface area contributed by atoms with Crippen LogP contribution in [0.1, 0.15) is 50.1 Å². The molecule has 4 aliphatic rings. The van der Waals surface area contributed by atoms with Crippen molar-refractivity contribution in [1.29, 1.82) is 0 Å². The zero-order valence-corrected chi connectivity index (χ0v) is 26.7. The quantitative estimate of drug-likeness (QED) is 0.213. The molecular formula is C34H35N2S4+. The van der Waals surface area contributed by atoms with E-state index in [0.717, 1.165) is 18.8 Å². The van der Waals surface area contributed by atoms with Crippen LogP contribution in [0.2, 0.25) is 0 Å². The third-order valence-electron chi connectivity index (χ3n) is 8.44. The zero-order valence-electron chi connectivity index (χ0n) is 23.4. The molecular weight excluding hydrogens is 565 g/mol. The first kappa shape index (κ1) is 26.8. The Hall–Kier alpha value is -2.12. The first-order valence-corrected chi connectivity index (χ1v) is 18.3. The fourth-order valence-corrected chi connectivity index (χ4v) is 10.1. The average molecular weight is 600 g/mol. The van der Waals surface area contributed by atoms with Crippen LogP contribution < -0.4 is 9.47 Å². The molecule has 204 valence electrons. The van der Waals surface area contributed by atoms with Gasteiger partial charge in [-0.2, -0.15) is 4.57 Å². The van der Waals surface area contributed by atoms with Gasteiger partial charge in [0.2, 0.25) is 5.52 Å². The van der Waals surface area contributed by atoms with Crippen LogP contribution in [-0.2, 0) is 6.54 Å². The molecule has 2 nitrogen and oxygen atoms in total. The van der Waals surface area contributed by atoms with E-state index in [4.69, 9.17) is 0 Å². The molecule has 0 fully saturated rings. The van der Waals surface area contributed by atoms with Crippen LogP contribution in [0, 0.1) is 5.92 Å². The topological polar surface area (TPSA) is 7.12 Å². The lowest BCUT2D eigenvalue weighted by molar-refractivity contribution is -0.665. The van der Waals surface area contributed by atoms with Gasteiger partial charge in [0, 0.05) is 33.1 Å². The molecule has 0 N–H and O–H groups in total. The number of fused-ring (bicyclic) bond motifs is 5. The fourth-order valence-electron chi connectivity index (χ4n) is 6.42. The highest BCUT2D eigenvalue weighted by atomic mass is 32.2. The van der Waals surface area contributed by atoms with Crippen molar-refractivity contribution in [3.63, 3.8) is 0 Å². The molecule has 0 radical (unpaired) electrons. The molecule has 1 atom stereocenters. The number of thioether (sulfide) groups is 3. The molecule has 0 saturated carbocycles. The molecule has 0 saturated heterocycles. The van der Waals surface area contributed by atoms with Crippen molar-refractivity contribution < 1.29 is 4.57 Å². The molecule has 1 aromatic heterocycles. The highest BCUT2D eigenvalue weighted by molar-refractivity contribution is 8.03. The normalized spacial score (nSPS) is 22.0. The van der Waals surface area contributed by atoms with Gasteiger partial charge in [0.25, 0.3) is 5.01 Å². The van der Waals surface area contributed by atoms with Crippen molar-refractivity contribution in [2.24, 2.45) is 5.92 Å². The first-order valence-electron chi connectivity index (χ1n) is 14.4. The summed E-state index contributed by atoms with van der Waals surface area (Å²) in [7, 11) is 0. The summed E-state index contributed by atoms with van der Waals surface area (Å²) in [6, 6.07) is 11.5. The maximum atomic E-state index is 2.54. The number of hydrogen-bond acceptors (Lipinski definition) is 5. The standard InChI is InChI=1S/C34H35N2S4/c1-4-35-28-21-26(37-3)12-13-30(28)39-32(35)19-22-8-10-24-11-9-23(18-25(24)17-22)20-33-36(5-2)34-27-7-6-16-38-29(27)14-15-31(34)40-33/h6-7,12-15,17-21,24H,4-5,8-11,16H2,1-3H3/q+1. The van der Waals surface area contributed by atoms with Crippen molar-refractivity contribution in [3.05, 3.63) is 87.0 Å². The molecule has 0 amide bonds. The summed E-state index contributed by atoms with van der Waals surface area (Å²) in [6.07, 6.45) is 21.7. The first-order chi connectivity index (χ1) is 19.6. The van der Waals surface area contributed by atoms with E-state index in [-0.39, 0.29) is 0 Å².